The third kappa shape index (κ3) is 5.85. The van der Waals surface area contributed by atoms with Crippen molar-refractivity contribution in [2.24, 2.45) is 5.92 Å². The molecule has 0 bridgehead atoms. The van der Waals surface area contributed by atoms with Gasteiger partial charge in [0.2, 0.25) is 0 Å². The zero-order valence-corrected chi connectivity index (χ0v) is 11.8. The quantitative estimate of drug-likeness (QED) is 0.740. The van der Waals surface area contributed by atoms with Crippen molar-refractivity contribution in [2.75, 3.05) is 13.7 Å². The fourth-order valence-corrected chi connectivity index (χ4v) is 2.01. The molecule has 2 unspecified atom stereocenters. The highest BCUT2D eigenvalue weighted by molar-refractivity contribution is 5.89. The maximum absolute atomic E-state index is 11.3. The molecule has 0 saturated heterocycles. The van der Waals surface area contributed by atoms with E-state index in [0.29, 0.717) is 11.5 Å². The molecular formula is C15H23NO3. The number of carbonyl (C=O) groups excluding carboxylic acids is 1. The molecule has 1 aromatic carbocycles. The van der Waals surface area contributed by atoms with Crippen molar-refractivity contribution in [3.05, 3.63) is 35.4 Å². The first-order chi connectivity index (χ1) is 9.02. The summed E-state index contributed by atoms with van der Waals surface area (Å²) in [6.07, 6.45) is 0.546. The summed E-state index contributed by atoms with van der Waals surface area (Å²) in [7, 11) is 1.38. The lowest BCUT2D eigenvalue weighted by Crippen LogP contribution is -2.23. The van der Waals surface area contributed by atoms with Gasteiger partial charge in [0, 0.05) is 6.54 Å². The number of aliphatic hydroxyl groups is 1. The molecule has 1 aromatic rings. The Kier molecular flexibility index (Phi) is 6.53. The van der Waals surface area contributed by atoms with Crippen LogP contribution < -0.4 is 5.32 Å². The lowest BCUT2D eigenvalue weighted by atomic mass is 10.0. The first kappa shape index (κ1) is 15.7. The summed E-state index contributed by atoms with van der Waals surface area (Å²) < 4.78 is 4.65. The Morgan fingerprint density at radius 2 is 1.95 bits per heavy atom. The molecule has 4 heteroatoms. The molecule has 4 nitrogen and oxygen atoms in total. The lowest BCUT2D eigenvalue weighted by Gasteiger charge is -2.14. The van der Waals surface area contributed by atoms with E-state index < -0.39 is 0 Å². The Morgan fingerprint density at radius 1 is 1.32 bits per heavy atom. The molecule has 0 spiro atoms. The molecule has 0 heterocycles. The van der Waals surface area contributed by atoms with Gasteiger partial charge in [0.05, 0.1) is 18.8 Å². The Hall–Kier alpha value is -1.39. The number of methoxy groups -OCH3 is 1. The lowest BCUT2D eigenvalue weighted by molar-refractivity contribution is 0.0600. The minimum atomic E-state index is -0.315. The predicted octanol–water partition coefficient (Wildman–Crippen LogP) is 1.97. The van der Waals surface area contributed by atoms with Gasteiger partial charge in [-0.15, -0.1) is 0 Å². The number of nitrogens with one attached hydrogen (secondary N) is 1. The standard InChI is InChI=1S/C15H23NO3/c1-11(8-12(2)17)9-16-10-13-4-6-14(7-5-13)15(18)19-3/h4-7,11-12,16-17H,8-10H2,1-3H3. The highest BCUT2D eigenvalue weighted by Crippen LogP contribution is 2.07. The van der Waals surface area contributed by atoms with Crippen molar-refractivity contribution >= 4 is 5.97 Å². The number of carbonyl (C=O) groups is 1. The molecule has 19 heavy (non-hydrogen) atoms. The molecule has 0 saturated carbocycles. The number of rotatable bonds is 7. The fraction of sp³-hybridized carbons (Fsp3) is 0.533. The van der Waals surface area contributed by atoms with E-state index in [4.69, 9.17) is 0 Å². The van der Waals surface area contributed by atoms with Gasteiger partial charge in [-0.25, -0.2) is 4.79 Å². The van der Waals surface area contributed by atoms with Crippen LogP contribution in [-0.2, 0) is 11.3 Å². The number of hydrogen-bond acceptors (Lipinski definition) is 4. The van der Waals surface area contributed by atoms with Gasteiger partial charge in [0.25, 0.3) is 0 Å². The molecule has 0 radical (unpaired) electrons. The van der Waals surface area contributed by atoms with E-state index in [1.54, 1.807) is 12.1 Å². The summed E-state index contributed by atoms with van der Waals surface area (Å²) in [6, 6.07) is 7.36. The monoisotopic (exact) mass is 265 g/mol. The Labute approximate surface area is 114 Å². The van der Waals surface area contributed by atoms with Crippen LogP contribution in [0, 0.1) is 5.92 Å². The van der Waals surface area contributed by atoms with E-state index in [-0.39, 0.29) is 12.1 Å². The Balaban J connectivity index is 2.36. The molecular weight excluding hydrogens is 242 g/mol. The molecule has 106 valence electrons. The third-order valence-electron chi connectivity index (χ3n) is 2.94. The second kappa shape index (κ2) is 7.92. The minimum Gasteiger partial charge on any atom is -0.465 e. The topological polar surface area (TPSA) is 58.6 Å². The van der Waals surface area contributed by atoms with Gasteiger partial charge < -0.3 is 15.2 Å². The number of ether oxygens (including phenoxy) is 1. The molecule has 2 N–H and O–H groups in total. The number of aliphatic hydroxyl groups excluding tert-OH is 1. The molecule has 0 aliphatic heterocycles. The average molecular weight is 265 g/mol. The molecule has 0 aromatic heterocycles. The van der Waals surface area contributed by atoms with Gasteiger partial charge in [-0.05, 0) is 43.5 Å². The second-order valence-electron chi connectivity index (χ2n) is 5.01. The van der Waals surface area contributed by atoms with Crippen LogP contribution in [0.3, 0.4) is 0 Å². The highest BCUT2D eigenvalue weighted by atomic mass is 16.5. The summed E-state index contributed by atoms with van der Waals surface area (Å²) in [4.78, 5) is 11.3. The van der Waals surface area contributed by atoms with Crippen molar-refractivity contribution in [1.29, 1.82) is 0 Å². The van der Waals surface area contributed by atoms with Crippen molar-refractivity contribution < 1.29 is 14.6 Å². The second-order valence-corrected chi connectivity index (χ2v) is 5.01. The van der Waals surface area contributed by atoms with Gasteiger partial charge in [-0.2, -0.15) is 0 Å². The number of esters is 1. The maximum Gasteiger partial charge on any atom is 0.337 e. The minimum absolute atomic E-state index is 0.254. The predicted molar refractivity (Wildman–Crippen MR) is 75.0 cm³/mol. The number of hydrogen-bond donors (Lipinski definition) is 2. The van der Waals surface area contributed by atoms with Gasteiger partial charge in [0.15, 0.2) is 0 Å². The maximum atomic E-state index is 11.3. The molecule has 0 aliphatic rings. The van der Waals surface area contributed by atoms with Crippen molar-refractivity contribution in [3.8, 4) is 0 Å². The van der Waals surface area contributed by atoms with E-state index in [9.17, 15) is 9.90 Å². The van der Waals surface area contributed by atoms with Crippen LogP contribution in [-0.4, -0.2) is 30.8 Å². The molecule has 2 atom stereocenters. The molecule has 0 aliphatic carbocycles. The normalized spacial score (nSPS) is 13.9. The van der Waals surface area contributed by atoms with Crippen LogP contribution in [0.1, 0.15) is 36.2 Å². The van der Waals surface area contributed by atoms with Crippen LogP contribution in [0.5, 0.6) is 0 Å². The van der Waals surface area contributed by atoms with Crippen LogP contribution >= 0.6 is 0 Å². The Morgan fingerprint density at radius 3 is 2.47 bits per heavy atom. The summed E-state index contributed by atoms with van der Waals surface area (Å²) in [6.45, 7) is 5.54. The largest absolute Gasteiger partial charge is 0.465 e. The summed E-state index contributed by atoms with van der Waals surface area (Å²) in [5.74, 6) is 0.124. The smallest absolute Gasteiger partial charge is 0.337 e. The number of benzene rings is 1. The highest BCUT2D eigenvalue weighted by Gasteiger charge is 2.06. The van der Waals surface area contributed by atoms with Crippen LogP contribution in [0.4, 0.5) is 0 Å². The van der Waals surface area contributed by atoms with Gasteiger partial charge >= 0.3 is 5.97 Å². The van der Waals surface area contributed by atoms with Crippen molar-refractivity contribution in [2.45, 2.75) is 32.9 Å². The van der Waals surface area contributed by atoms with Crippen molar-refractivity contribution in [3.63, 3.8) is 0 Å². The first-order valence-corrected chi connectivity index (χ1v) is 6.59. The van der Waals surface area contributed by atoms with Crippen LogP contribution in [0.2, 0.25) is 0 Å². The van der Waals surface area contributed by atoms with Crippen LogP contribution in [0.25, 0.3) is 0 Å². The average Bonchev–Trinajstić information content (AvgIpc) is 2.37. The summed E-state index contributed by atoms with van der Waals surface area (Å²) >= 11 is 0. The van der Waals surface area contributed by atoms with E-state index in [0.717, 1.165) is 25.1 Å². The first-order valence-electron chi connectivity index (χ1n) is 6.59. The van der Waals surface area contributed by atoms with Crippen molar-refractivity contribution in [1.82, 2.24) is 5.32 Å². The van der Waals surface area contributed by atoms with Crippen LogP contribution in [0.15, 0.2) is 24.3 Å². The Bertz CT molecular complexity index is 387. The van der Waals surface area contributed by atoms with E-state index in [2.05, 4.69) is 17.0 Å². The SMILES string of the molecule is COC(=O)c1ccc(CNCC(C)CC(C)O)cc1. The summed E-state index contributed by atoms with van der Waals surface area (Å²) in [5.41, 5.74) is 1.69. The van der Waals surface area contributed by atoms with Gasteiger partial charge in [-0.1, -0.05) is 19.1 Å². The fourth-order valence-electron chi connectivity index (χ4n) is 2.01. The van der Waals surface area contributed by atoms with Gasteiger partial charge in [-0.3, -0.25) is 0 Å². The summed E-state index contributed by atoms with van der Waals surface area (Å²) in [5, 5.41) is 12.6. The van der Waals surface area contributed by atoms with E-state index in [1.807, 2.05) is 19.1 Å². The van der Waals surface area contributed by atoms with E-state index >= 15 is 0 Å². The molecule has 0 fully saturated rings. The van der Waals surface area contributed by atoms with Gasteiger partial charge in [0.1, 0.15) is 0 Å². The molecule has 0 amide bonds. The van der Waals surface area contributed by atoms with E-state index in [1.165, 1.54) is 7.11 Å². The third-order valence-corrected chi connectivity index (χ3v) is 2.94. The molecule has 1 rings (SSSR count). The zero-order valence-electron chi connectivity index (χ0n) is 11.8. The zero-order chi connectivity index (χ0) is 14.3.